The van der Waals surface area contributed by atoms with Crippen molar-refractivity contribution in [3.63, 3.8) is 0 Å². The van der Waals surface area contributed by atoms with E-state index >= 15 is 0 Å². The molecule has 0 spiro atoms. The van der Waals surface area contributed by atoms with E-state index in [4.69, 9.17) is 10.00 Å². The normalized spacial score (nSPS) is 9.25. The molecule has 1 rings (SSSR count). The van der Waals surface area contributed by atoms with Crippen molar-refractivity contribution in [1.29, 1.82) is 5.26 Å². The highest BCUT2D eigenvalue weighted by molar-refractivity contribution is 9.10. The molecule has 0 saturated heterocycles. The van der Waals surface area contributed by atoms with E-state index in [-0.39, 0.29) is 13.0 Å². The molecule has 16 heavy (non-hydrogen) atoms. The number of nitrogens with zero attached hydrogens (tertiary/aromatic N) is 1. The van der Waals surface area contributed by atoms with Gasteiger partial charge in [-0.05, 0) is 17.7 Å². The van der Waals surface area contributed by atoms with Crippen molar-refractivity contribution >= 4 is 22.0 Å². The van der Waals surface area contributed by atoms with E-state index in [0.717, 1.165) is 10.0 Å². The Morgan fingerprint density at radius 2 is 2.38 bits per heavy atom. The van der Waals surface area contributed by atoms with Crippen LogP contribution >= 0.6 is 15.9 Å². The summed E-state index contributed by atoms with van der Waals surface area (Å²) in [6.45, 7) is 0.533. The van der Waals surface area contributed by atoms with E-state index < -0.39 is 6.09 Å². The van der Waals surface area contributed by atoms with E-state index in [1.807, 2.05) is 30.3 Å². The van der Waals surface area contributed by atoms with Crippen LogP contribution in [-0.2, 0) is 11.3 Å². The molecule has 0 fully saturated rings. The number of alkyl carbamates (subject to hydrolysis) is 1. The molecule has 0 radical (unpaired) electrons. The molecule has 0 aromatic heterocycles. The number of carbonyl (C=O) groups excluding carboxylic acids is 1. The van der Waals surface area contributed by atoms with Crippen LogP contribution in [0.4, 0.5) is 4.79 Å². The van der Waals surface area contributed by atoms with E-state index in [2.05, 4.69) is 21.2 Å². The molecule has 0 saturated carbocycles. The Morgan fingerprint density at radius 3 is 3.06 bits per heavy atom. The minimum atomic E-state index is -0.504. The first-order valence-electron chi connectivity index (χ1n) is 4.74. The summed E-state index contributed by atoms with van der Waals surface area (Å²) in [7, 11) is 0. The number of rotatable bonds is 4. The fraction of sp³-hybridized carbons (Fsp3) is 0.273. The number of hydrogen-bond acceptors (Lipinski definition) is 3. The van der Waals surface area contributed by atoms with Crippen LogP contribution in [0.1, 0.15) is 12.0 Å². The third-order valence-corrected chi connectivity index (χ3v) is 2.26. The van der Waals surface area contributed by atoms with Crippen molar-refractivity contribution in [1.82, 2.24) is 5.32 Å². The zero-order chi connectivity index (χ0) is 11.8. The molecule has 1 aromatic rings. The molecule has 5 heteroatoms. The Morgan fingerprint density at radius 1 is 1.56 bits per heavy atom. The first kappa shape index (κ1) is 12.5. The minimum absolute atomic E-state index is 0.220. The molecular weight excluding hydrogens is 272 g/mol. The quantitative estimate of drug-likeness (QED) is 0.864. The lowest BCUT2D eigenvalue weighted by Crippen LogP contribution is -2.24. The molecule has 84 valence electrons. The van der Waals surface area contributed by atoms with Crippen LogP contribution in [0.15, 0.2) is 28.7 Å². The highest BCUT2D eigenvalue weighted by atomic mass is 79.9. The number of nitriles is 1. The molecule has 1 aromatic carbocycles. The Labute approximate surface area is 102 Å². The lowest BCUT2D eigenvalue weighted by molar-refractivity contribution is 0.140. The molecule has 0 bridgehead atoms. The van der Waals surface area contributed by atoms with Gasteiger partial charge in [0.1, 0.15) is 6.61 Å². The average molecular weight is 283 g/mol. The van der Waals surface area contributed by atoms with Gasteiger partial charge in [0.15, 0.2) is 0 Å². The van der Waals surface area contributed by atoms with Gasteiger partial charge in [-0.3, -0.25) is 0 Å². The number of hydrogen-bond donors (Lipinski definition) is 1. The number of carbonyl (C=O) groups is 1. The van der Waals surface area contributed by atoms with Gasteiger partial charge in [-0.25, -0.2) is 4.79 Å². The van der Waals surface area contributed by atoms with E-state index in [9.17, 15) is 4.79 Å². The monoisotopic (exact) mass is 282 g/mol. The largest absolute Gasteiger partial charge is 0.445 e. The predicted molar refractivity (Wildman–Crippen MR) is 62.6 cm³/mol. The second kappa shape index (κ2) is 6.85. The fourth-order valence-corrected chi connectivity index (χ4v) is 1.49. The summed E-state index contributed by atoms with van der Waals surface area (Å²) in [6.07, 6.45) is -0.221. The van der Waals surface area contributed by atoms with Crippen LogP contribution in [0.5, 0.6) is 0 Å². The summed E-state index contributed by atoms with van der Waals surface area (Å²) < 4.78 is 5.89. The lowest BCUT2D eigenvalue weighted by atomic mass is 10.2. The van der Waals surface area contributed by atoms with Crippen LogP contribution in [0, 0.1) is 11.3 Å². The Bertz CT molecular complexity index is 401. The molecule has 1 N–H and O–H groups in total. The number of benzene rings is 1. The Kier molecular flexibility index (Phi) is 5.37. The van der Waals surface area contributed by atoms with Gasteiger partial charge in [0.2, 0.25) is 0 Å². The van der Waals surface area contributed by atoms with Crippen LogP contribution < -0.4 is 5.32 Å². The Balaban J connectivity index is 2.29. The van der Waals surface area contributed by atoms with Crippen LogP contribution in [0.25, 0.3) is 0 Å². The highest BCUT2D eigenvalue weighted by Crippen LogP contribution is 2.12. The van der Waals surface area contributed by atoms with Gasteiger partial charge in [0.25, 0.3) is 0 Å². The molecule has 1 amide bonds. The van der Waals surface area contributed by atoms with Crippen molar-refractivity contribution in [3.8, 4) is 6.07 Å². The molecule has 0 aliphatic rings. The maximum atomic E-state index is 11.1. The van der Waals surface area contributed by atoms with Crippen molar-refractivity contribution in [3.05, 3.63) is 34.3 Å². The van der Waals surface area contributed by atoms with E-state index in [1.165, 1.54) is 0 Å². The van der Waals surface area contributed by atoms with Gasteiger partial charge < -0.3 is 10.1 Å². The van der Waals surface area contributed by atoms with Crippen LogP contribution in [0.3, 0.4) is 0 Å². The summed E-state index contributed by atoms with van der Waals surface area (Å²) in [5.41, 5.74) is 0.907. The van der Waals surface area contributed by atoms with Gasteiger partial charge in [0, 0.05) is 11.0 Å². The van der Waals surface area contributed by atoms with Gasteiger partial charge in [-0.15, -0.1) is 0 Å². The van der Waals surface area contributed by atoms with Crippen LogP contribution in [-0.4, -0.2) is 12.6 Å². The molecule has 0 aliphatic heterocycles. The molecule has 0 unspecified atom stereocenters. The first-order chi connectivity index (χ1) is 7.72. The molecular formula is C11H11BrN2O2. The second-order valence-electron chi connectivity index (χ2n) is 3.04. The minimum Gasteiger partial charge on any atom is -0.445 e. The topological polar surface area (TPSA) is 62.1 Å². The van der Waals surface area contributed by atoms with Gasteiger partial charge in [0.05, 0.1) is 12.5 Å². The van der Waals surface area contributed by atoms with Crippen molar-refractivity contribution in [2.24, 2.45) is 0 Å². The van der Waals surface area contributed by atoms with Gasteiger partial charge >= 0.3 is 6.09 Å². The average Bonchev–Trinajstić information content (AvgIpc) is 2.27. The number of halogens is 1. The fourth-order valence-electron chi connectivity index (χ4n) is 1.05. The summed E-state index contributed by atoms with van der Waals surface area (Å²) in [4.78, 5) is 11.1. The van der Waals surface area contributed by atoms with Crippen molar-refractivity contribution in [2.75, 3.05) is 6.54 Å². The zero-order valence-corrected chi connectivity index (χ0v) is 10.2. The molecule has 0 atom stereocenters. The number of ether oxygens (including phenoxy) is 1. The third-order valence-electron chi connectivity index (χ3n) is 1.77. The smallest absolute Gasteiger partial charge is 0.407 e. The summed E-state index contributed by atoms with van der Waals surface area (Å²) in [6, 6.07) is 9.44. The number of nitrogens with one attached hydrogen (secondary N) is 1. The lowest BCUT2D eigenvalue weighted by Gasteiger charge is -2.05. The maximum Gasteiger partial charge on any atom is 0.407 e. The predicted octanol–water partition coefficient (Wildman–Crippen LogP) is 2.59. The Hall–Kier alpha value is -1.54. The van der Waals surface area contributed by atoms with E-state index in [0.29, 0.717) is 6.54 Å². The first-order valence-corrected chi connectivity index (χ1v) is 5.53. The summed E-state index contributed by atoms with van der Waals surface area (Å²) >= 11 is 3.33. The van der Waals surface area contributed by atoms with Gasteiger partial charge in [-0.1, -0.05) is 28.1 Å². The van der Waals surface area contributed by atoms with Gasteiger partial charge in [-0.2, -0.15) is 5.26 Å². The highest BCUT2D eigenvalue weighted by Gasteiger charge is 2.01. The zero-order valence-electron chi connectivity index (χ0n) is 8.57. The summed E-state index contributed by atoms with van der Waals surface area (Å²) in [5.74, 6) is 0. The SMILES string of the molecule is N#CCCNC(=O)OCc1cccc(Br)c1. The maximum absolute atomic E-state index is 11.1. The van der Waals surface area contributed by atoms with Crippen LogP contribution in [0.2, 0.25) is 0 Å². The molecule has 4 nitrogen and oxygen atoms in total. The van der Waals surface area contributed by atoms with Crippen molar-refractivity contribution in [2.45, 2.75) is 13.0 Å². The molecule has 0 heterocycles. The third kappa shape index (κ3) is 4.80. The standard InChI is InChI=1S/C11H11BrN2O2/c12-10-4-1-3-9(7-10)8-16-11(15)14-6-2-5-13/h1,3-4,7H,2,6,8H2,(H,14,15). The van der Waals surface area contributed by atoms with E-state index in [1.54, 1.807) is 0 Å². The molecule has 0 aliphatic carbocycles. The second-order valence-corrected chi connectivity index (χ2v) is 3.96. The number of amides is 1. The summed E-state index contributed by atoms with van der Waals surface area (Å²) in [5, 5.41) is 10.7. The van der Waals surface area contributed by atoms with Crippen molar-refractivity contribution < 1.29 is 9.53 Å².